The number of nitrogens with zero attached hydrogens (tertiary/aromatic N) is 2. The summed E-state index contributed by atoms with van der Waals surface area (Å²) < 4.78 is 27.8. The second kappa shape index (κ2) is 5.09. The van der Waals surface area contributed by atoms with Gasteiger partial charge in [0, 0.05) is 19.8 Å². The third-order valence-corrected chi connectivity index (χ3v) is 4.61. The number of aryl methyl sites for hydroxylation is 1. The first-order chi connectivity index (χ1) is 8.49. The fourth-order valence-corrected chi connectivity index (χ4v) is 3.37. The minimum absolute atomic E-state index is 0.0144. The zero-order valence-electron chi connectivity index (χ0n) is 9.83. The van der Waals surface area contributed by atoms with Crippen LogP contribution in [0.1, 0.15) is 5.56 Å². The molecule has 98 valence electrons. The molecule has 3 N–H and O–H groups in total. The Kier molecular flexibility index (Phi) is 3.69. The zero-order valence-corrected chi connectivity index (χ0v) is 11.5. The first kappa shape index (κ1) is 13.1. The summed E-state index contributed by atoms with van der Waals surface area (Å²) in [6, 6.07) is 1.97. The number of nitrogen functional groups attached to an aromatic ring is 1. The van der Waals surface area contributed by atoms with E-state index >= 15 is 0 Å². The van der Waals surface area contributed by atoms with Crippen molar-refractivity contribution in [3.05, 3.63) is 28.6 Å². The lowest BCUT2D eigenvalue weighted by Gasteiger charge is -2.04. The number of nitrogens with two attached hydrogens (primary N) is 1. The quantitative estimate of drug-likeness (QED) is 0.841. The summed E-state index contributed by atoms with van der Waals surface area (Å²) in [5.74, 6) is 0.0144. The summed E-state index contributed by atoms with van der Waals surface area (Å²) in [6.07, 6.45) is 2.05. The second-order valence-corrected chi connectivity index (χ2v) is 6.35. The number of nitrogens with one attached hydrogen (secondary N) is 1. The minimum Gasteiger partial charge on any atom is -0.381 e. The van der Waals surface area contributed by atoms with E-state index < -0.39 is 10.0 Å². The van der Waals surface area contributed by atoms with Gasteiger partial charge in [-0.25, -0.2) is 13.1 Å². The summed E-state index contributed by atoms with van der Waals surface area (Å²) in [7, 11) is -1.95. The molecule has 2 rings (SSSR count). The average Bonchev–Trinajstić information content (AvgIpc) is 2.88. The van der Waals surface area contributed by atoms with Crippen LogP contribution < -0.4 is 10.5 Å². The van der Waals surface area contributed by atoms with Gasteiger partial charge in [-0.1, -0.05) is 0 Å². The number of hydrogen-bond donors (Lipinski definition) is 2. The Morgan fingerprint density at radius 1 is 1.56 bits per heavy atom. The number of rotatable bonds is 5. The van der Waals surface area contributed by atoms with Crippen LogP contribution in [0.2, 0.25) is 0 Å². The molecule has 0 aliphatic heterocycles. The van der Waals surface area contributed by atoms with E-state index in [1.54, 1.807) is 18.4 Å². The number of sulfonamides is 1. The summed E-state index contributed by atoms with van der Waals surface area (Å²) in [5.41, 5.74) is 6.66. The molecular weight excluding hydrogens is 272 g/mol. The minimum atomic E-state index is -3.58. The first-order valence-corrected chi connectivity index (χ1v) is 7.71. The smallest absolute Gasteiger partial charge is 0.245 e. The molecular formula is C10H14N4O2S2. The number of hydrogen-bond acceptors (Lipinski definition) is 5. The molecule has 0 bridgehead atoms. The highest BCUT2D eigenvalue weighted by Crippen LogP contribution is 2.15. The van der Waals surface area contributed by atoms with Crippen molar-refractivity contribution in [3.63, 3.8) is 0 Å². The van der Waals surface area contributed by atoms with Gasteiger partial charge in [-0.3, -0.25) is 4.68 Å². The Hall–Kier alpha value is -1.38. The van der Waals surface area contributed by atoms with Crippen molar-refractivity contribution < 1.29 is 8.42 Å². The molecule has 0 aliphatic carbocycles. The molecule has 0 aromatic carbocycles. The highest BCUT2D eigenvalue weighted by molar-refractivity contribution is 7.89. The lowest BCUT2D eigenvalue weighted by molar-refractivity contribution is 0.582. The maximum Gasteiger partial charge on any atom is 0.245 e. The normalized spacial score (nSPS) is 11.8. The van der Waals surface area contributed by atoms with Gasteiger partial charge in [0.05, 0.1) is 0 Å². The van der Waals surface area contributed by atoms with E-state index in [0.29, 0.717) is 13.0 Å². The predicted molar refractivity (Wildman–Crippen MR) is 70.8 cm³/mol. The fraction of sp³-hybridized carbons (Fsp3) is 0.300. The van der Waals surface area contributed by atoms with Gasteiger partial charge in [0.15, 0.2) is 5.82 Å². The largest absolute Gasteiger partial charge is 0.381 e. The van der Waals surface area contributed by atoms with E-state index in [9.17, 15) is 8.42 Å². The van der Waals surface area contributed by atoms with Gasteiger partial charge in [0.1, 0.15) is 4.90 Å². The molecule has 0 spiro atoms. The van der Waals surface area contributed by atoms with Crippen molar-refractivity contribution in [2.24, 2.45) is 7.05 Å². The molecule has 6 nitrogen and oxygen atoms in total. The topological polar surface area (TPSA) is 90.0 Å². The lowest BCUT2D eigenvalue weighted by Crippen LogP contribution is -2.26. The van der Waals surface area contributed by atoms with Gasteiger partial charge < -0.3 is 5.73 Å². The van der Waals surface area contributed by atoms with Crippen LogP contribution in [-0.2, 0) is 23.5 Å². The summed E-state index contributed by atoms with van der Waals surface area (Å²) in [6.45, 7) is 0.341. The molecule has 0 unspecified atom stereocenters. The molecule has 0 saturated heterocycles. The van der Waals surface area contributed by atoms with Crippen LogP contribution in [0.3, 0.4) is 0 Å². The zero-order chi connectivity index (χ0) is 13.2. The van der Waals surface area contributed by atoms with Crippen molar-refractivity contribution >= 4 is 27.2 Å². The number of anilines is 1. The predicted octanol–water partition coefficient (Wildman–Crippen LogP) is 0.585. The van der Waals surface area contributed by atoms with E-state index in [2.05, 4.69) is 9.82 Å². The molecule has 0 aliphatic rings. The van der Waals surface area contributed by atoms with Gasteiger partial charge in [-0.05, 0) is 28.8 Å². The van der Waals surface area contributed by atoms with Crippen LogP contribution in [0.15, 0.2) is 27.9 Å². The highest BCUT2D eigenvalue weighted by atomic mass is 32.2. The maximum absolute atomic E-state index is 12.0. The fourth-order valence-electron chi connectivity index (χ4n) is 1.53. The van der Waals surface area contributed by atoms with Crippen LogP contribution >= 0.6 is 11.3 Å². The Morgan fingerprint density at radius 3 is 2.89 bits per heavy atom. The van der Waals surface area contributed by atoms with Gasteiger partial charge >= 0.3 is 0 Å². The Labute approximate surface area is 109 Å². The molecule has 0 atom stereocenters. The van der Waals surface area contributed by atoms with Gasteiger partial charge in [0.2, 0.25) is 10.0 Å². The third kappa shape index (κ3) is 2.89. The molecule has 0 saturated carbocycles. The Balaban J connectivity index is 2.02. The highest BCUT2D eigenvalue weighted by Gasteiger charge is 2.19. The van der Waals surface area contributed by atoms with E-state index in [-0.39, 0.29) is 10.7 Å². The van der Waals surface area contributed by atoms with Crippen LogP contribution in [0, 0.1) is 0 Å². The summed E-state index contributed by atoms with van der Waals surface area (Å²) >= 11 is 1.59. The second-order valence-electron chi connectivity index (χ2n) is 3.83. The van der Waals surface area contributed by atoms with Crippen LogP contribution in [0.25, 0.3) is 0 Å². The van der Waals surface area contributed by atoms with Crippen molar-refractivity contribution in [3.8, 4) is 0 Å². The molecule has 0 amide bonds. The standard InChI is InChI=1S/C10H14N4O2S2/c1-14-6-9(10(11)13-14)18(15,16)12-4-2-8-3-5-17-7-8/h3,5-7,12H,2,4H2,1H3,(H2,11,13). The van der Waals surface area contributed by atoms with E-state index in [1.807, 2.05) is 16.8 Å². The summed E-state index contributed by atoms with van der Waals surface area (Å²) in [5, 5.41) is 7.77. The molecule has 0 fully saturated rings. The molecule has 0 radical (unpaired) electrons. The van der Waals surface area contributed by atoms with Gasteiger partial charge in [-0.2, -0.15) is 16.4 Å². The van der Waals surface area contributed by atoms with E-state index in [4.69, 9.17) is 5.73 Å². The molecule has 2 aromatic rings. The van der Waals surface area contributed by atoms with Crippen LogP contribution in [-0.4, -0.2) is 24.7 Å². The average molecular weight is 286 g/mol. The number of thiophene rings is 1. The SMILES string of the molecule is Cn1cc(S(=O)(=O)NCCc2ccsc2)c(N)n1. The molecule has 2 aromatic heterocycles. The van der Waals surface area contributed by atoms with Crippen LogP contribution in [0.4, 0.5) is 5.82 Å². The van der Waals surface area contributed by atoms with Crippen molar-refractivity contribution in [2.45, 2.75) is 11.3 Å². The lowest BCUT2D eigenvalue weighted by atomic mass is 10.2. The van der Waals surface area contributed by atoms with E-state index in [0.717, 1.165) is 5.56 Å². The van der Waals surface area contributed by atoms with Crippen molar-refractivity contribution in [1.29, 1.82) is 0 Å². The third-order valence-electron chi connectivity index (χ3n) is 2.40. The van der Waals surface area contributed by atoms with Crippen molar-refractivity contribution in [1.82, 2.24) is 14.5 Å². The Morgan fingerprint density at radius 2 is 2.33 bits per heavy atom. The van der Waals surface area contributed by atoms with Gasteiger partial charge in [0.25, 0.3) is 0 Å². The van der Waals surface area contributed by atoms with Crippen LogP contribution in [0.5, 0.6) is 0 Å². The van der Waals surface area contributed by atoms with Gasteiger partial charge in [-0.15, -0.1) is 0 Å². The maximum atomic E-state index is 12.0. The first-order valence-electron chi connectivity index (χ1n) is 5.29. The molecule has 2 heterocycles. The molecule has 8 heteroatoms. The molecule has 18 heavy (non-hydrogen) atoms. The summed E-state index contributed by atoms with van der Waals surface area (Å²) in [4.78, 5) is 0.0234. The van der Waals surface area contributed by atoms with E-state index in [1.165, 1.54) is 10.9 Å². The monoisotopic (exact) mass is 286 g/mol. The Bertz CT molecular complexity index is 616. The number of aromatic nitrogens is 2. The van der Waals surface area contributed by atoms with Crippen molar-refractivity contribution in [2.75, 3.05) is 12.3 Å².